The van der Waals surface area contributed by atoms with Crippen molar-refractivity contribution in [3.63, 3.8) is 0 Å². The Bertz CT molecular complexity index is 1210. The maximum atomic E-state index is 13.2. The molecule has 0 saturated carbocycles. The van der Waals surface area contributed by atoms with Crippen LogP contribution < -0.4 is 5.32 Å². The smallest absolute Gasteiger partial charge is 0.227 e. The second kappa shape index (κ2) is 9.64. The molecule has 164 valence electrons. The zero-order chi connectivity index (χ0) is 22.5. The van der Waals surface area contributed by atoms with Gasteiger partial charge >= 0.3 is 0 Å². The molecular formula is C20H15F3N6O2S. The number of aromatic amines is 1. The fraction of sp³-hybridized carbons (Fsp3) is 0.150. The number of nitrogens with zero attached hydrogens (tertiary/aromatic N) is 4. The van der Waals surface area contributed by atoms with Gasteiger partial charge in [-0.3, -0.25) is 9.89 Å². The highest BCUT2D eigenvalue weighted by molar-refractivity contribution is 7.98. The van der Waals surface area contributed by atoms with Crippen LogP contribution in [0.3, 0.4) is 0 Å². The van der Waals surface area contributed by atoms with Crippen LogP contribution in [0.1, 0.15) is 18.1 Å². The standard InChI is InChI=1S/C20H15F3N6O2S/c21-12-3-1-11(2-4-12)19-26-20(28-27-19)32-10-16-25-18(31-29-16)6-5-17(30)24-15-8-13(22)7-14(23)9-15/h1-4,7-9H,5-6,10H2,(H,24,30)(H,26,27,28). The number of nitrogens with one attached hydrogen (secondary N) is 2. The lowest BCUT2D eigenvalue weighted by Crippen LogP contribution is -2.12. The van der Waals surface area contributed by atoms with Crippen LogP contribution in [-0.2, 0) is 17.0 Å². The predicted molar refractivity (Wildman–Crippen MR) is 109 cm³/mol. The Morgan fingerprint density at radius 1 is 1.03 bits per heavy atom. The summed E-state index contributed by atoms with van der Waals surface area (Å²) >= 11 is 1.27. The summed E-state index contributed by atoms with van der Waals surface area (Å²) < 4.78 is 44.5. The van der Waals surface area contributed by atoms with Crippen molar-refractivity contribution in [1.82, 2.24) is 25.3 Å². The predicted octanol–water partition coefficient (Wildman–Crippen LogP) is 4.14. The van der Waals surface area contributed by atoms with Crippen molar-refractivity contribution < 1.29 is 22.5 Å². The molecule has 0 aliphatic rings. The van der Waals surface area contributed by atoms with Gasteiger partial charge in [0.2, 0.25) is 17.0 Å². The Labute approximate surface area is 183 Å². The summed E-state index contributed by atoms with van der Waals surface area (Å²) in [5.41, 5.74) is 0.730. The molecule has 4 aromatic rings. The van der Waals surface area contributed by atoms with Gasteiger partial charge in [-0.1, -0.05) is 16.9 Å². The van der Waals surface area contributed by atoms with E-state index in [1.54, 1.807) is 12.1 Å². The Kier molecular flexibility index (Phi) is 6.50. The third-order valence-corrected chi connectivity index (χ3v) is 4.98. The molecule has 2 aromatic heterocycles. The zero-order valence-corrected chi connectivity index (χ0v) is 17.1. The summed E-state index contributed by atoms with van der Waals surface area (Å²) in [6.45, 7) is 0. The van der Waals surface area contributed by atoms with E-state index >= 15 is 0 Å². The number of carbonyl (C=O) groups excluding carboxylic acids is 1. The summed E-state index contributed by atoms with van der Waals surface area (Å²) in [4.78, 5) is 20.5. The van der Waals surface area contributed by atoms with Gasteiger partial charge < -0.3 is 9.84 Å². The monoisotopic (exact) mass is 460 g/mol. The molecule has 2 N–H and O–H groups in total. The largest absolute Gasteiger partial charge is 0.339 e. The first-order chi connectivity index (χ1) is 15.4. The van der Waals surface area contributed by atoms with Crippen LogP contribution in [0.4, 0.5) is 18.9 Å². The lowest BCUT2D eigenvalue weighted by atomic mass is 10.2. The average molecular weight is 460 g/mol. The molecule has 0 saturated heterocycles. The molecule has 0 fully saturated rings. The van der Waals surface area contributed by atoms with E-state index in [1.807, 2.05) is 0 Å². The fourth-order valence-electron chi connectivity index (χ4n) is 2.70. The Hall–Kier alpha value is -3.67. The molecule has 8 nitrogen and oxygen atoms in total. The van der Waals surface area contributed by atoms with Crippen molar-refractivity contribution in [3.8, 4) is 11.4 Å². The fourth-order valence-corrected chi connectivity index (χ4v) is 3.34. The van der Waals surface area contributed by atoms with Gasteiger partial charge in [0, 0.05) is 30.2 Å². The molecule has 0 bridgehead atoms. The number of anilines is 1. The van der Waals surface area contributed by atoms with E-state index in [0.717, 1.165) is 18.2 Å². The van der Waals surface area contributed by atoms with Crippen LogP contribution in [0.2, 0.25) is 0 Å². The van der Waals surface area contributed by atoms with Crippen molar-refractivity contribution in [3.05, 3.63) is 71.6 Å². The number of carbonyl (C=O) groups is 1. The van der Waals surface area contributed by atoms with Crippen molar-refractivity contribution >= 4 is 23.4 Å². The van der Waals surface area contributed by atoms with Crippen molar-refractivity contribution in [2.24, 2.45) is 0 Å². The Morgan fingerprint density at radius 3 is 2.53 bits per heavy atom. The Morgan fingerprint density at radius 2 is 1.78 bits per heavy atom. The maximum absolute atomic E-state index is 13.2. The first kappa shape index (κ1) is 21.6. The first-order valence-electron chi connectivity index (χ1n) is 9.33. The molecule has 0 aliphatic heterocycles. The molecule has 12 heteroatoms. The number of halogens is 3. The van der Waals surface area contributed by atoms with Crippen LogP contribution in [0.25, 0.3) is 11.4 Å². The minimum absolute atomic E-state index is 0.00510. The van der Waals surface area contributed by atoms with Crippen molar-refractivity contribution in [2.75, 3.05) is 5.32 Å². The molecule has 2 aromatic carbocycles. The number of aryl methyl sites for hydroxylation is 1. The Balaban J connectivity index is 1.26. The van der Waals surface area contributed by atoms with E-state index in [-0.39, 0.29) is 30.2 Å². The van der Waals surface area contributed by atoms with Gasteiger partial charge in [0.05, 0.1) is 5.75 Å². The third kappa shape index (κ3) is 5.72. The summed E-state index contributed by atoms with van der Waals surface area (Å²) in [5, 5.41) is 13.6. The van der Waals surface area contributed by atoms with E-state index in [0.29, 0.717) is 28.1 Å². The highest BCUT2D eigenvalue weighted by Gasteiger charge is 2.12. The molecule has 1 amide bonds. The lowest BCUT2D eigenvalue weighted by Gasteiger charge is -2.04. The summed E-state index contributed by atoms with van der Waals surface area (Å²) in [7, 11) is 0. The first-order valence-corrected chi connectivity index (χ1v) is 10.3. The molecule has 0 aliphatic carbocycles. The van der Waals surface area contributed by atoms with Gasteiger partial charge in [0.1, 0.15) is 17.5 Å². The second-order valence-electron chi connectivity index (χ2n) is 6.57. The molecule has 0 unspecified atom stereocenters. The van der Waals surface area contributed by atoms with E-state index in [9.17, 15) is 18.0 Å². The molecule has 0 radical (unpaired) electrons. The van der Waals surface area contributed by atoms with Gasteiger partial charge in [0.15, 0.2) is 11.6 Å². The average Bonchev–Trinajstić information content (AvgIpc) is 3.40. The summed E-state index contributed by atoms with van der Waals surface area (Å²) in [5.74, 6) is -0.862. The van der Waals surface area contributed by atoms with Crippen LogP contribution in [-0.4, -0.2) is 31.2 Å². The van der Waals surface area contributed by atoms with E-state index in [4.69, 9.17) is 4.52 Å². The number of hydrogen-bond donors (Lipinski definition) is 2. The topological polar surface area (TPSA) is 110 Å². The molecule has 4 rings (SSSR count). The number of aromatic nitrogens is 5. The lowest BCUT2D eigenvalue weighted by molar-refractivity contribution is -0.116. The number of benzene rings is 2. The van der Waals surface area contributed by atoms with E-state index in [2.05, 4.69) is 30.6 Å². The van der Waals surface area contributed by atoms with Gasteiger partial charge in [-0.2, -0.15) is 4.98 Å². The number of thioether (sulfide) groups is 1. The normalized spacial score (nSPS) is 11.0. The van der Waals surface area contributed by atoms with Crippen molar-refractivity contribution in [1.29, 1.82) is 0 Å². The number of rotatable bonds is 8. The zero-order valence-electron chi connectivity index (χ0n) is 16.3. The van der Waals surface area contributed by atoms with E-state index < -0.39 is 17.5 Å². The quantitative estimate of drug-likeness (QED) is 0.381. The molecule has 0 atom stereocenters. The van der Waals surface area contributed by atoms with Gasteiger partial charge in [-0.05, 0) is 36.4 Å². The van der Waals surface area contributed by atoms with Crippen LogP contribution >= 0.6 is 11.8 Å². The summed E-state index contributed by atoms with van der Waals surface area (Å²) in [6, 6.07) is 8.62. The number of hydrogen-bond acceptors (Lipinski definition) is 7. The minimum atomic E-state index is -0.782. The number of H-pyrrole nitrogens is 1. The third-order valence-electron chi connectivity index (χ3n) is 4.14. The molecule has 32 heavy (non-hydrogen) atoms. The van der Waals surface area contributed by atoms with E-state index in [1.165, 1.54) is 23.9 Å². The highest BCUT2D eigenvalue weighted by atomic mass is 32.2. The van der Waals surface area contributed by atoms with Crippen LogP contribution in [0.15, 0.2) is 52.1 Å². The molecular weight excluding hydrogens is 445 g/mol. The van der Waals surface area contributed by atoms with Gasteiger partial charge in [0.25, 0.3) is 0 Å². The summed E-state index contributed by atoms with van der Waals surface area (Å²) in [6.07, 6.45) is 0.158. The highest BCUT2D eigenvalue weighted by Crippen LogP contribution is 2.22. The van der Waals surface area contributed by atoms with Gasteiger partial charge in [-0.25, -0.2) is 18.2 Å². The number of amides is 1. The SMILES string of the molecule is O=C(CCc1nc(CSc2n[nH]c(-c3ccc(F)cc3)n2)no1)Nc1cc(F)cc(F)c1. The van der Waals surface area contributed by atoms with Crippen molar-refractivity contribution in [2.45, 2.75) is 23.8 Å². The van der Waals surface area contributed by atoms with Crippen LogP contribution in [0, 0.1) is 17.5 Å². The van der Waals surface area contributed by atoms with Crippen LogP contribution in [0.5, 0.6) is 0 Å². The molecule has 0 spiro atoms. The minimum Gasteiger partial charge on any atom is -0.339 e. The second-order valence-corrected chi connectivity index (χ2v) is 7.52. The molecule has 2 heterocycles. The van der Waals surface area contributed by atoms with Gasteiger partial charge in [-0.15, -0.1) is 5.10 Å². The maximum Gasteiger partial charge on any atom is 0.227 e.